The molecule has 2 aromatic carbocycles. The summed E-state index contributed by atoms with van der Waals surface area (Å²) < 4.78 is 1.75. The van der Waals surface area contributed by atoms with Crippen LogP contribution in [0.1, 0.15) is 45.2 Å². The molecule has 0 spiro atoms. The minimum absolute atomic E-state index is 0.00522. The highest BCUT2D eigenvalue weighted by Gasteiger charge is 2.38. The third kappa shape index (κ3) is 3.35. The van der Waals surface area contributed by atoms with Crippen LogP contribution >= 0.6 is 0 Å². The molecule has 4 aromatic rings. The van der Waals surface area contributed by atoms with E-state index in [-0.39, 0.29) is 11.3 Å². The molecule has 0 unspecified atom stereocenters. The van der Waals surface area contributed by atoms with E-state index in [9.17, 15) is 4.79 Å². The van der Waals surface area contributed by atoms with E-state index in [0.29, 0.717) is 11.6 Å². The predicted octanol–water partition coefficient (Wildman–Crippen LogP) is 4.88. The number of anilines is 4. The maximum atomic E-state index is 12.3. The van der Waals surface area contributed by atoms with Crippen LogP contribution in [0.4, 0.5) is 23.0 Å². The molecule has 0 saturated carbocycles. The number of nitrogens with zero attached hydrogens (tertiary/aromatic N) is 5. The molecule has 0 fully saturated rings. The van der Waals surface area contributed by atoms with E-state index in [1.807, 2.05) is 32.0 Å². The molecule has 8 heteroatoms. The second-order valence-corrected chi connectivity index (χ2v) is 10.7. The molecule has 0 aliphatic carbocycles. The van der Waals surface area contributed by atoms with Gasteiger partial charge in [-0.25, -0.2) is 4.52 Å². The third-order valence-electron chi connectivity index (χ3n) is 7.50. The molecule has 1 amide bonds. The van der Waals surface area contributed by atoms with Gasteiger partial charge in [-0.1, -0.05) is 26.0 Å². The lowest BCUT2D eigenvalue weighted by Crippen LogP contribution is -2.34. The van der Waals surface area contributed by atoms with Gasteiger partial charge in [0.15, 0.2) is 5.65 Å². The van der Waals surface area contributed by atoms with E-state index < -0.39 is 5.41 Å². The Kier molecular flexibility index (Phi) is 4.49. The number of rotatable bonds is 3. The molecule has 0 radical (unpaired) electrons. The molecule has 35 heavy (non-hydrogen) atoms. The van der Waals surface area contributed by atoms with Gasteiger partial charge >= 0.3 is 0 Å². The second kappa shape index (κ2) is 7.28. The van der Waals surface area contributed by atoms with Crippen LogP contribution in [0.5, 0.6) is 0 Å². The van der Waals surface area contributed by atoms with Crippen molar-refractivity contribution in [3.63, 3.8) is 0 Å². The number of amides is 1. The maximum absolute atomic E-state index is 12.3. The molecule has 2 aliphatic heterocycles. The van der Waals surface area contributed by atoms with E-state index in [1.54, 1.807) is 16.9 Å². The minimum Gasteiger partial charge on any atom is -0.374 e. The number of carbonyl (C=O) groups excluding carboxylic acids is 1. The summed E-state index contributed by atoms with van der Waals surface area (Å²) in [7, 11) is 2.15. The first-order chi connectivity index (χ1) is 16.6. The molecule has 8 nitrogen and oxygen atoms in total. The molecular weight excluding hydrogens is 438 g/mol. The van der Waals surface area contributed by atoms with Crippen LogP contribution in [0.15, 0.2) is 48.8 Å². The highest BCUT2D eigenvalue weighted by Crippen LogP contribution is 2.41. The first kappa shape index (κ1) is 21.6. The lowest BCUT2D eigenvalue weighted by Gasteiger charge is -2.38. The van der Waals surface area contributed by atoms with Gasteiger partial charge in [-0.3, -0.25) is 9.78 Å². The Morgan fingerprint density at radius 3 is 2.71 bits per heavy atom. The molecule has 2 aliphatic rings. The normalized spacial score (nSPS) is 17.7. The standard InChI is InChI=1S/C27H29N7O/c1-26(2)10-12-33(5)21-9-6-16(14-19(21)26)22-23-31-25(32-34(23)13-11-28-22)29-17-7-8-18-20(15-17)30-24(35)27(18,3)4/h6-9,11,13-15H,10,12H2,1-5H3,(H,29,32)(H,30,35). The molecule has 6 rings (SSSR count). The zero-order chi connectivity index (χ0) is 24.5. The average Bonchev–Trinajstić information content (AvgIpc) is 3.33. The summed E-state index contributed by atoms with van der Waals surface area (Å²) in [5, 5.41) is 10.9. The highest BCUT2D eigenvalue weighted by atomic mass is 16.2. The molecule has 0 bridgehead atoms. The van der Waals surface area contributed by atoms with E-state index >= 15 is 0 Å². The summed E-state index contributed by atoms with van der Waals surface area (Å²) in [6.45, 7) is 9.51. The number of nitrogens with one attached hydrogen (secondary N) is 2. The van der Waals surface area contributed by atoms with Crippen molar-refractivity contribution in [3.05, 3.63) is 59.9 Å². The van der Waals surface area contributed by atoms with Crippen molar-refractivity contribution >= 4 is 34.6 Å². The largest absolute Gasteiger partial charge is 0.374 e. The Morgan fingerprint density at radius 2 is 1.89 bits per heavy atom. The van der Waals surface area contributed by atoms with Crippen LogP contribution in [-0.4, -0.2) is 39.1 Å². The zero-order valence-corrected chi connectivity index (χ0v) is 20.7. The monoisotopic (exact) mass is 467 g/mol. The summed E-state index contributed by atoms with van der Waals surface area (Å²) >= 11 is 0. The summed E-state index contributed by atoms with van der Waals surface area (Å²) in [6.07, 6.45) is 4.66. The van der Waals surface area contributed by atoms with Crippen molar-refractivity contribution in [1.82, 2.24) is 19.6 Å². The van der Waals surface area contributed by atoms with Crippen LogP contribution < -0.4 is 15.5 Å². The van der Waals surface area contributed by atoms with E-state index in [4.69, 9.17) is 4.98 Å². The van der Waals surface area contributed by atoms with Gasteiger partial charge in [0, 0.05) is 48.6 Å². The van der Waals surface area contributed by atoms with Gasteiger partial charge in [0.25, 0.3) is 0 Å². The smallest absolute Gasteiger partial charge is 0.247 e. The van der Waals surface area contributed by atoms with E-state index in [2.05, 4.69) is 64.7 Å². The van der Waals surface area contributed by atoms with Gasteiger partial charge in [0.1, 0.15) is 5.69 Å². The Labute approximate surface area is 204 Å². The van der Waals surface area contributed by atoms with Gasteiger partial charge in [-0.15, -0.1) is 5.10 Å². The van der Waals surface area contributed by atoms with Crippen molar-refractivity contribution in [1.29, 1.82) is 0 Å². The molecule has 0 atom stereocenters. The van der Waals surface area contributed by atoms with E-state index in [1.165, 1.54) is 11.3 Å². The summed E-state index contributed by atoms with van der Waals surface area (Å²) in [4.78, 5) is 24.0. The Balaban J connectivity index is 1.36. The fraction of sp³-hybridized carbons (Fsp3) is 0.333. The van der Waals surface area contributed by atoms with Crippen molar-refractivity contribution in [3.8, 4) is 11.3 Å². The van der Waals surface area contributed by atoms with Gasteiger partial charge in [-0.2, -0.15) is 4.98 Å². The van der Waals surface area contributed by atoms with Crippen LogP contribution in [0, 0.1) is 0 Å². The Bertz CT molecular complexity index is 1500. The lowest BCUT2D eigenvalue weighted by molar-refractivity contribution is -0.119. The number of hydrogen-bond donors (Lipinski definition) is 2. The van der Waals surface area contributed by atoms with Crippen LogP contribution in [0.2, 0.25) is 0 Å². The molecular formula is C27H29N7O. The molecule has 178 valence electrons. The first-order valence-electron chi connectivity index (χ1n) is 11.9. The minimum atomic E-state index is -0.534. The number of benzene rings is 2. The summed E-state index contributed by atoms with van der Waals surface area (Å²) in [6, 6.07) is 12.4. The van der Waals surface area contributed by atoms with Crippen molar-refractivity contribution < 1.29 is 4.79 Å². The van der Waals surface area contributed by atoms with Crippen molar-refractivity contribution in [2.45, 2.75) is 44.9 Å². The van der Waals surface area contributed by atoms with Gasteiger partial charge in [0.05, 0.1) is 5.41 Å². The van der Waals surface area contributed by atoms with Crippen LogP contribution in [0.3, 0.4) is 0 Å². The van der Waals surface area contributed by atoms with Crippen LogP contribution in [-0.2, 0) is 15.6 Å². The predicted molar refractivity (Wildman–Crippen MR) is 139 cm³/mol. The molecule has 0 saturated heterocycles. The summed E-state index contributed by atoms with van der Waals surface area (Å²) in [5.41, 5.74) is 7.29. The summed E-state index contributed by atoms with van der Waals surface area (Å²) in [5.74, 6) is 0.478. The van der Waals surface area contributed by atoms with E-state index in [0.717, 1.165) is 41.2 Å². The Morgan fingerprint density at radius 1 is 1.06 bits per heavy atom. The second-order valence-electron chi connectivity index (χ2n) is 10.7. The fourth-order valence-corrected chi connectivity index (χ4v) is 5.14. The number of carbonyl (C=O) groups is 1. The third-order valence-corrected chi connectivity index (χ3v) is 7.50. The maximum Gasteiger partial charge on any atom is 0.247 e. The quantitative estimate of drug-likeness (QED) is 0.446. The van der Waals surface area contributed by atoms with Crippen molar-refractivity contribution in [2.24, 2.45) is 0 Å². The molecule has 2 aromatic heterocycles. The number of aromatic nitrogens is 4. The van der Waals surface area contributed by atoms with Gasteiger partial charge < -0.3 is 15.5 Å². The number of fused-ring (bicyclic) bond motifs is 3. The first-order valence-corrected chi connectivity index (χ1v) is 11.9. The van der Waals surface area contributed by atoms with Gasteiger partial charge in [0.2, 0.25) is 11.9 Å². The van der Waals surface area contributed by atoms with Crippen molar-refractivity contribution in [2.75, 3.05) is 29.1 Å². The Hall–Kier alpha value is -3.94. The number of hydrogen-bond acceptors (Lipinski definition) is 6. The zero-order valence-electron chi connectivity index (χ0n) is 20.7. The molecule has 2 N–H and O–H groups in total. The lowest BCUT2D eigenvalue weighted by atomic mass is 9.77. The fourth-order valence-electron chi connectivity index (χ4n) is 5.14. The highest BCUT2D eigenvalue weighted by molar-refractivity contribution is 6.06. The topological polar surface area (TPSA) is 87.5 Å². The average molecular weight is 468 g/mol. The SMILES string of the molecule is CN1CCC(C)(C)c2cc(-c3nccn4nc(Nc5ccc6c(c5)NC(=O)C6(C)C)nc34)ccc21. The van der Waals surface area contributed by atoms with Gasteiger partial charge in [-0.05, 0) is 61.1 Å². The molecule has 4 heterocycles. The van der Waals surface area contributed by atoms with Crippen LogP contribution in [0.25, 0.3) is 16.9 Å².